The van der Waals surface area contributed by atoms with Crippen molar-refractivity contribution >= 4 is 51.4 Å². The lowest BCUT2D eigenvalue weighted by atomic mass is 9.87. The van der Waals surface area contributed by atoms with Gasteiger partial charge in [0.05, 0.1) is 10.0 Å². The van der Waals surface area contributed by atoms with E-state index in [0.29, 0.717) is 25.9 Å². The smallest absolute Gasteiger partial charge is 0.325 e. The summed E-state index contributed by atoms with van der Waals surface area (Å²) in [6.45, 7) is 6.76. The van der Waals surface area contributed by atoms with E-state index in [1.807, 2.05) is 12.1 Å². The number of amides is 2. The van der Waals surface area contributed by atoms with Crippen LogP contribution in [0.25, 0.3) is 0 Å². The van der Waals surface area contributed by atoms with Crippen LogP contribution in [0.2, 0.25) is 10.0 Å². The lowest BCUT2D eigenvalue weighted by Gasteiger charge is -2.19. The Kier molecular flexibility index (Phi) is 6.62. The number of ether oxygens (including phenoxy) is 1. The van der Waals surface area contributed by atoms with Gasteiger partial charge in [-0.3, -0.25) is 5.32 Å². The SMILES string of the molecule is CC(C)(C)c1ccc(OCc2nnc(NC(=O)Nc3ccc(Cl)c(Cl)c3)s2)cc1. The number of urea groups is 1. The van der Waals surface area contributed by atoms with Gasteiger partial charge in [-0.15, -0.1) is 10.2 Å². The summed E-state index contributed by atoms with van der Waals surface area (Å²) in [5.74, 6) is 0.750. The summed E-state index contributed by atoms with van der Waals surface area (Å²) in [5.41, 5.74) is 1.85. The molecule has 0 aliphatic heterocycles. The van der Waals surface area contributed by atoms with Gasteiger partial charge in [-0.05, 0) is 41.3 Å². The van der Waals surface area contributed by atoms with Crippen LogP contribution in [0.3, 0.4) is 0 Å². The number of aromatic nitrogens is 2. The highest BCUT2D eigenvalue weighted by Gasteiger charge is 2.13. The Balaban J connectivity index is 1.52. The summed E-state index contributed by atoms with van der Waals surface area (Å²) in [4.78, 5) is 12.1. The van der Waals surface area contributed by atoms with E-state index in [0.717, 1.165) is 5.75 Å². The van der Waals surface area contributed by atoms with E-state index in [1.165, 1.54) is 16.9 Å². The van der Waals surface area contributed by atoms with Gasteiger partial charge in [0.25, 0.3) is 0 Å². The molecule has 0 saturated carbocycles. The van der Waals surface area contributed by atoms with Crippen molar-refractivity contribution in [2.45, 2.75) is 32.8 Å². The Morgan fingerprint density at radius 1 is 1.03 bits per heavy atom. The number of carbonyl (C=O) groups excluding carboxylic acids is 1. The molecule has 0 atom stereocenters. The van der Waals surface area contributed by atoms with E-state index in [-0.39, 0.29) is 12.0 Å². The molecular formula is C20H20Cl2N4O2S. The van der Waals surface area contributed by atoms with Gasteiger partial charge >= 0.3 is 6.03 Å². The van der Waals surface area contributed by atoms with Gasteiger partial charge in [0.2, 0.25) is 5.13 Å². The number of nitrogens with one attached hydrogen (secondary N) is 2. The van der Waals surface area contributed by atoms with Crippen LogP contribution in [0.15, 0.2) is 42.5 Å². The second-order valence-corrected chi connectivity index (χ2v) is 9.15. The van der Waals surface area contributed by atoms with Gasteiger partial charge in [0.1, 0.15) is 12.4 Å². The third-order valence-electron chi connectivity index (χ3n) is 3.95. The quantitative estimate of drug-likeness (QED) is 0.473. The summed E-state index contributed by atoms with van der Waals surface area (Å²) >= 11 is 13.0. The number of rotatable bonds is 5. The largest absolute Gasteiger partial charge is 0.486 e. The van der Waals surface area contributed by atoms with Crippen LogP contribution in [-0.2, 0) is 12.0 Å². The first kappa shape index (κ1) is 21.4. The highest BCUT2D eigenvalue weighted by atomic mass is 35.5. The zero-order chi connectivity index (χ0) is 21.0. The van der Waals surface area contributed by atoms with E-state index in [1.54, 1.807) is 18.2 Å². The van der Waals surface area contributed by atoms with E-state index in [4.69, 9.17) is 27.9 Å². The number of anilines is 2. The first-order chi connectivity index (χ1) is 13.7. The Bertz CT molecular complexity index is 1000. The van der Waals surface area contributed by atoms with Crippen molar-refractivity contribution in [1.29, 1.82) is 0 Å². The summed E-state index contributed by atoms with van der Waals surface area (Å²) < 4.78 is 5.75. The third kappa shape index (κ3) is 6.06. The van der Waals surface area contributed by atoms with Crippen molar-refractivity contribution in [2.24, 2.45) is 0 Å². The van der Waals surface area contributed by atoms with Crippen LogP contribution in [0.4, 0.5) is 15.6 Å². The van der Waals surface area contributed by atoms with Crippen molar-refractivity contribution in [3.8, 4) is 5.75 Å². The molecule has 6 nitrogen and oxygen atoms in total. The van der Waals surface area contributed by atoms with Crippen LogP contribution in [0.1, 0.15) is 31.3 Å². The highest BCUT2D eigenvalue weighted by Crippen LogP contribution is 2.26. The Morgan fingerprint density at radius 3 is 2.41 bits per heavy atom. The van der Waals surface area contributed by atoms with Crippen LogP contribution in [0.5, 0.6) is 5.75 Å². The molecule has 0 bridgehead atoms. The molecule has 29 heavy (non-hydrogen) atoms. The number of benzene rings is 2. The molecular weight excluding hydrogens is 431 g/mol. The number of carbonyl (C=O) groups is 1. The van der Waals surface area contributed by atoms with Crippen LogP contribution in [0, 0.1) is 0 Å². The fourth-order valence-corrected chi connectivity index (χ4v) is 3.34. The molecule has 2 aromatic carbocycles. The minimum atomic E-state index is -0.454. The monoisotopic (exact) mass is 450 g/mol. The van der Waals surface area contributed by atoms with Crippen molar-refractivity contribution in [1.82, 2.24) is 10.2 Å². The zero-order valence-electron chi connectivity index (χ0n) is 16.1. The Hall–Kier alpha value is -2.35. The molecule has 1 aromatic heterocycles. The molecule has 0 fully saturated rings. The van der Waals surface area contributed by atoms with Gasteiger partial charge in [-0.2, -0.15) is 0 Å². The van der Waals surface area contributed by atoms with E-state index in [2.05, 4.69) is 53.7 Å². The van der Waals surface area contributed by atoms with Gasteiger partial charge in [-0.1, -0.05) is 67.4 Å². The molecule has 3 rings (SSSR count). The van der Waals surface area contributed by atoms with E-state index < -0.39 is 6.03 Å². The van der Waals surface area contributed by atoms with Gasteiger partial charge in [0, 0.05) is 5.69 Å². The van der Waals surface area contributed by atoms with Crippen molar-refractivity contribution in [2.75, 3.05) is 10.6 Å². The Morgan fingerprint density at radius 2 is 1.76 bits per heavy atom. The fraction of sp³-hybridized carbons (Fsp3) is 0.250. The maximum Gasteiger partial charge on any atom is 0.325 e. The number of nitrogens with zero attached hydrogens (tertiary/aromatic N) is 2. The average Bonchev–Trinajstić information content (AvgIpc) is 3.10. The molecule has 9 heteroatoms. The fourth-order valence-electron chi connectivity index (χ4n) is 2.39. The van der Waals surface area contributed by atoms with Gasteiger partial charge in [0.15, 0.2) is 5.01 Å². The molecule has 2 amide bonds. The Labute approximate surface area is 183 Å². The average molecular weight is 451 g/mol. The topological polar surface area (TPSA) is 76.1 Å². The predicted octanol–water partition coefficient (Wildman–Crippen LogP) is 6.37. The van der Waals surface area contributed by atoms with E-state index in [9.17, 15) is 4.79 Å². The summed E-state index contributed by atoms with van der Waals surface area (Å²) in [6.07, 6.45) is 0. The maximum absolute atomic E-state index is 12.1. The van der Waals surface area contributed by atoms with Crippen LogP contribution >= 0.6 is 34.5 Å². The number of hydrogen-bond donors (Lipinski definition) is 2. The molecule has 152 valence electrons. The normalized spacial score (nSPS) is 11.2. The standard InChI is InChI=1S/C20H20Cl2N4O2S/c1-20(2,3)12-4-7-14(8-5-12)28-11-17-25-26-19(29-17)24-18(27)23-13-6-9-15(21)16(22)10-13/h4-10H,11H2,1-3H3,(H2,23,24,26,27). The van der Waals surface area contributed by atoms with Crippen LogP contribution in [-0.4, -0.2) is 16.2 Å². The summed E-state index contributed by atoms with van der Waals surface area (Å²) in [7, 11) is 0. The maximum atomic E-state index is 12.1. The minimum absolute atomic E-state index is 0.0935. The molecule has 1 heterocycles. The molecule has 0 spiro atoms. The first-order valence-corrected chi connectivity index (χ1v) is 10.4. The van der Waals surface area contributed by atoms with Crippen molar-refractivity contribution in [3.63, 3.8) is 0 Å². The molecule has 0 saturated heterocycles. The molecule has 0 aliphatic rings. The lowest BCUT2D eigenvalue weighted by Crippen LogP contribution is -2.19. The minimum Gasteiger partial charge on any atom is -0.486 e. The summed E-state index contributed by atoms with van der Waals surface area (Å²) in [6, 6.07) is 12.3. The first-order valence-electron chi connectivity index (χ1n) is 8.79. The second-order valence-electron chi connectivity index (χ2n) is 7.27. The second kappa shape index (κ2) is 8.98. The zero-order valence-corrected chi connectivity index (χ0v) is 18.5. The lowest BCUT2D eigenvalue weighted by molar-refractivity contribution is 0.262. The van der Waals surface area contributed by atoms with Gasteiger partial charge in [-0.25, -0.2) is 4.79 Å². The molecule has 0 aliphatic carbocycles. The highest BCUT2D eigenvalue weighted by molar-refractivity contribution is 7.15. The third-order valence-corrected chi connectivity index (χ3v) is 5.50. The predicted molar refractivity (Wildman–Crippen MR) is 118 cm³/mol. The van der Waals surface area contributed by atoms with Crippen molar-refractivity contribution in [3.05, 3.63) is 63.1 Å². The number of halogens is 2. The number of hydrogen-bond acceptors (Lipinski definition) is 5. The van der Waals surface area contributed by atoms with Crippen LogP contribution < -0.4 is 15.4 Å². The molecule has 3 aromatic rings. The van der Waals surface area contributed by atoms with Crippen molar-refractivity contribution < 1.29 is 9.53 Å². The molecule has 0 radical (unpaired) electrons. The molecule has 0 unspecified atom stereocenters. The van der Waals surface area contributed by atoms with E-state index >= 15 is 0 Å². The van der Waals surface area contributed by atoms with Gasteiger partial charge < -0.3 is 10.1 Å². The molecule has 2 N–H and O–H groups in total. The summed E-state index contributed by atoms with van der Waals surface area (Å²) in [5, 5.41) is 15.1.